The summed E-state index contributed by atoms with van der Waals surface area (Å²) in [6.07, 6.45) is 0. The van der Waals surface area contributed by atoms with Gasteiger partial charge < -0.3 is 14.8 Å². The van der Waals surface area contributed by atoms with Crippen LogP contribution in [0.15, 0.2) is 54.3 Å². The zero-order chi connectivity index (χ0) is 17.8. The van der Waals surface area contributed by atoms with E-state index in [2.05, 4.69) is 9.97 Å². The summed E-state index contributed by atoms with van der Waals surface area (Å²) in [5, 5.41) is 19.9. The molecule has 1 heterocycles. The van der Waals surface area contributed by atoms with Gasteiger partial charge in [0.25, 0.3) is 0 Å². The number of imidazole rings is 1. The van der Waals surface area contributed by atoms with Crippen molar-refractivity contribution in [1.29, 1.82) is 5.26 Å². The van der Waals surface area contributed by atoms with Crippen molar-refractivity contribution in [1.82, 2.24) is 9.97 Å². The summed E-state index contributed by atoms with van der Waals surface area (Å²) in [6, 6.07) is 15.2. The molecule has 124 valence electrons. The highest BCUT2D eigenvalue weighted by atomic mass is 35.5. The summed E-state index contributed by atoms with van der Waals surface area (Å²) >= 11 is 5.76. The Hall–Kier alpha value is -3.30. The third kappa shape index (κ3) is 3.62. The molecular weight excluding hydrogens is 342 g/mol. The molecule has 0 bridgehead atoms. The van der Waals surface area contributed by atoms with Crippen LogP contribution in [0, 0.1) is 11.3 Å². The van der Waals surface area contributed by atoms with Gasteiger partial charge in [0.1, 0.15) is 18.2 Å². The van der Waals surface area contributed by atoms with Gasteiger partial charge in [-0.2, -0.15) is 5.26 Å². The number of fused-ring (bicyclic) bond motifs is 1. The number of para-hydroxylation sites is 2. The predicted octanol–water partition coefficient (Wildman–Crippen LogP) is 3.87. The molecule has 7 heteroatoms. The highest BCUT2D eigenvalue weighted by Crippen LogP contribution is 2.19. The van der Waals surface area contributed by atoms with Crippen molar-refractivity contribution in [3.8, 4) is 6.07 Å². The van der Waals surface area contributed by atoms with Crippen molar-refractivity contribution in [2.75, 3.05) is 6.61 Å². The number of aromatic amines is 1. The summed E-state index contributed by atoms with van der Waals surface area (Å²) in [4.78, 5) is 19.1. The van der Waals surface area contributed by atoms with E-state index in [1.54, 1.807) is 24.3 Å². The average molecular weight is 354 g/mol. The van der Waals surface area contributed by atoms with Crippen LogP contribution < -0.4 is 0 Å². The van der Waals surface area contributed by atoms with Gasteiger partial charge in [-0.1, -0.05) is 23.7 Å². The molecule has 2 N–H and O–H groups in total. The topological polar surface area (TPSA) is 99.0 Å². The summed E-state index contributed by atoms with van der Waals surface area (Å²) in [5.41, 5.74) is 1.60. The van der Waals surface area contributed by atoms with E-state index in [0.29, 0.717) is 16.1 Å². The van der Waals surface area contributed by atoms with Crippen LogP contribution in [0.3, 0.4) is 0 Å². The molecule has 0 aliphatic heterocycles. The van der Waals surface area contributed by atoms with Crippen LogP contribution in [-0.4, -0.2) is 27.7 Å². The number of benzene rings is 2. The number of rotatable bonds is 4. The number of halogens is 1. The molecule has 0 aliphatic carbocycles. The Morgan fingerprint density at radius 3 is 2.64 bits per heavy atom. The maximum Gasteiger partial charge on any atom is 0.338 e. The van der Waals surface area contributed by atoms with E-state index in [9.17, 15) is 15.2 Å². The number of ether oxygens (including phenoxy) is 1. The summed E-state index contributed by atoms with van der Waals surface area (Å²) < 4.78 is 5.03. The van der Waals surface area contributed by atoms with Gasteiger partial charge in [-0.3, -0.25) is 0 Å². The van der Waals surface area contributed by atoms with Crippen molar-refractivity contribution < 1.29 is 14.6 Å². The van der Waals surface area contributed by atoms with Gasteiger partial charge in [-0.15, -0.1) is 0 Å². The standard InChI is InChI=1S/C18H12ClN3O3/c19-12-7-5-11(6-8-12)18(24)25-10-16(23)13(9-20)17-21-14-3-1-2-4-15(14)22-17/h1-8,23H,10H2,(H,21,22)/b16-13-. The Balaban J connectivity index is 1.78. The number of nitrogens with one attached hydrogen (secondary N) is 1. The minimum absolute atomic E-state index is 0.0832. The highest BCUT2D eigenvalue weighted by molar-refractivity contribution is 6.30. The molecule has 0 saturated carbocycles. The SMILES string of the molecule is N#C/C(=C(/O)COC(=O)c1ccc(Cl)cc1)c1nc2ccccc2[nH]1. The molecule has 3 rings (SSSR count). The Morgan fingerprint density at radius 1 is 1.24 bits per heavy atom. The number of H-pyrrole nitrogens is 1. The summed E-state index contributed by atoms with van der Waals surface area (Å²) in [7, 11) is 0. The quantitative estimate of drug-likeness (QED) is 0.421. The number of allylic oxidation sites excluding steroid dienone is 1. The van der Waals surface area contributed by atoms with Gasteiger partial charge >= 0.3 is 5.97 Å². The van der Waals surface area contributed by atoms with E-state index in [4.69, 9.17) is 16.3 Å². The monoisotopic (exact) mass is 353 g/mol. The van der Waals surface area contributed by atoms with Gasteiger partial charge in [-0.25, -0.2) is 9.78 Å². The van der Waals surface area contributed by atoms with Gasteiger partial charge in [-0.05, 0) is 36.4 Å². The van der Waals surface area contributed by atoms with Crippen LogP contribution in [0.4, 0.5) is 0 Å². The Morgan fingerprint density at radius 2 is 1.96 bits per heavy atom. The molecule has 0 radical (unpaired) electrons. The largest absolute Gasteiger partial charge is 0.507 e. The molecule has 0 aliphatic rings. The lowest BCUT2D eigenvalue weighted by molar-refractivity contribution is 0.0503. The number of esters is 1. The number of aromatic nitrogens is 2. The Bertz CT molecular complexity index is 967. The van der Waals surface area contributed by atoms with Crippen molar-refractivity contribution >= 4 is 34.2 Å². The number of aliphatic hydroxyl groups is 1. The zero-order valence-electron chi connectivity index (χ0n) is 12.9. The Kier molecular flexibility index (Phi) is 4.68. The summed E-state index contributed by atoms with van der Waals surface area (Å²) in [5.74, 6) is -0.808. The van der Waals surface area contributed by atoms with Crippen molar-refractivity contribution in [3.63, 3.8) is 0 Å². The minimum atomic E-state index is -0.634. The van der Waals surface area contributed by atoms with E-state index in [1.807, 2.05) is 18.2 Å². The molecule has 0 unspecified atom stereocenters. The van der Waals surface area contributed by atoms with Crippen LogP contribution in [0.5, 0.6) is 0 Å². The number of carbonyl (C=O) groups excluding carboxylic acids is 1. The maximum atomic E-state index is 11.9. The lowest BCUT2D eigenvalue weighted by Gasteiger charge is -2.05. The van der Waals surface area contributed by atoms with Gasteiger partial charge in [0.05, 0.1) is 16.6 Å². The third-order valence-electron chi connectivity index (χ3n) is 3.45. The second-order valence-electron chi connectivity index (χ2n) is 5.12. The fourth-order valence-electron chi connectivity index (χ4n) is 2.20. The number of aliphatic hydroxyl groups excluding tert-OH is 1. The van der Waals surface area contributed by atoms with Gasteiger partial charge in [0.15, 0.2) is 11.6 Å². The molecule has 1 aromatic heterocycles. The molecule has 0 saturated heterocycles. The fraction of sp³-hybridized carbons (Fsp3) is 0.0556. The number of nitrogens with zero attached hydrogens (tertiary/aromatic N) is 2. The molecule has 3 aromatic rings. The highest BCUT2D eigenvalue weighted by Gasteiger charge is 2.15. The molecule has 0 atom stereocenters. The average Bonchev–Trinajstić information content (AvgIpc) is 3.04. The van der Waals surface area contributed by atoms with Crippen LogP contribution in [0.25, 0.3) is 16.6 Å². The first-order valence-corrected chi connectivity index (χ1v) is 7.66. The van der Waals surface area contributed by atoms with Crippen LogP contribution in [0.2, 0.25) is 5.02 Å². The second kappa shape index (κ2) is 7.07. The predicted molar refractivity (Wildman–Crippen MR) is 93.0 cm³/mol. The number of hydrogen-bond acceptors (Lipinski definition) is 5. The smallest absolute Gasteiger partial charge is 0.338 e. The van der Waals surface area contributed by atoms with Gasteiger partial charge in [0, 0.05) is 5.02 Å². The zero-order valence-corrected chi connectivity index (χ0v) is 13.6. The first-order chi connectivity index (χ1) is 12.1. The summed E-state index contributed by atoms with van der Waals surface area (Å²) in [6.45, 7) is -0.443. The van der Waals surface area contributed by atoms with E-state index in [1.165, 1.54) is 12.1 Å². The van der Waals surface area contributed by atoms with Crippen LogP contribution in [-0.2, 0) is 4.74 Å². The molecule has 6 nitrogen and oxygen atoms in total. The maximum absolute atomic E-state index is 11.9. The molecule has 2 aromatic carbocycles. The van der Waals surface area contributed by atoms with Crippen molar-refractivity contribution in [2.24, 2.45) is 0 Å². The molecule has 0 spiro atoms. The van der Waals surface area contributed by atoms with Crippen molar-refractivity contribution in [2.45, 2.75) is 0 Å². The number of nitriles is 1. The molecule has 0 amide bonds. The lowest BCUT2D eigenvalue weighted by atomic mass is 10.2. The first-order valence-electron chi connectivity index (χ1n) is 7.28. The lowest BCUT2D eigenvalue weighted by Crippen LogP contribution is -2.09. The Labute approximate surface area is 147 Å². The normalized spacial score (nSPS) is 11.7. The second-order valence-corrected chi connectivity index (χ2v) is 5.56. The van der Waals surface area contributed by atoms with E-state index in [-0.39, 0.29) is 17.2 Å². The van der Waals surface area contributed by atoms with Gasteiger partial charge in [0.2, 0.25) is 0 Å². The van der Waals surface area contributed by atoms with Crippen LogP contribution in [0.1, 0.15) is 16.2 Å². The first kappa shape index (κ1) is 16.6. The number of hydrogen-bond donors (Lipinski definition) is 2. The molecule has 0 fully saturated rings. The number of carbonyl (C=O) groups is 1. The van der Waals surface area contributed by atoms with E-state index < -0.39 is 12.6 Å². The fourth-order valence-corrected chi connectivity index (χ4v) is 2.33. The third-order valence-corrected chi connectivity index (χ3v) is 3.70. The van der Waals surface area contributed by atoms with E-state index in [0.717, 1.165) is 5.52 Å². The van der Waals surface area contributed by atoms with Crippen LogP contribution >= 0.6 is 11.6 Å². The van der Waals surface area contributed by atoms with E-state index >= 15 is 0 Å². The molecule has 25 heavy (non-hydrogen) atoms. The minimum Gasteiger partial charge on any atom is -0.507 e. The molecular formula is C18H12ClN3O3. The van der Waals surface area contributed by atoms with Crippen molar-refractivity contribution in [3.05, 3.63) is 70.7 Å².